The lowest BCUT2D eigenvalue weighted by molar-refractivity contribution is -0.146. The number of piperazine rings is 1. The van der Waals surface area contributed by atoms with Crippen LogP contribution >= 0.6 is 0 Å². The molecule has 1 saturated heterocycles. The minimum absolute atomic E-state index is 0.244. The van der Waals surface area contributed by atoms with Crippen LogP contribution in [0.25, 0.3) is 0 Å². The van der Waals surface area contributed by atoms with Gasteiger partial charge < -0.3 is 20.2 Å². The Bertz CT molecular complexity index is 576. The first-order chi connectivity index (χ1) is 11.6. The van der Waals surface area contributed by atoms with Crippen molar-refractivity contribution in [2.24, 2.45) is 0 Å². The van der Waals surface area contributed by atoms with Gasteiger partial charge in [0.25, 0.3) is 0 Å². The molecule has 24 heavy (non-hydrogen) atoms. The van der Waals surface area contributed by atoms with Crippen LogP contribution in [-0.2, 0) is 4.79 Å². The summed E-state index contributed by atoms with van der Waals surface area (Å²) in [6, 6.07) is 9.89. The zero-order valence-corrected chi connectivity index (χ0v) is 13.9. The Morgan fingerprint density at radius 2 is 1.58 bits per heavy atom. The van der Waals surface area contributed by atoms with E-state index in [9.17, 15) is 14.7 Å². The van der Waals surface area contributed by atoms with Crippen LogP contribution in [0, 0.1) is 0 Å². The summed E-state index contributed by atoms with van der Waals surface area (Å²) < 4.78 is 0. The molecular weight excluding hydrogens is 306 g/mol. The van der Waals surface area contributed by atoms with Gasteiger partial charge in [0.1, 0.15) is 5.54 Å². The number of para-hydroxylation sites is 1. The molecule has 2 amide bonds. The Hall–Kier alpha value is -2.24. The maximum absolute atomic E-state index is 12.6. The van der Waals surface area contributed by atoms with Gasteiger partial charge in [-0.1, -0.05) is 37.5 Å². The molecule has 2 N–H and O–H groups in total. The Kier molecular flexibility index (Phi) is 4.92. The second kappa shape index (κ2) is 7.11. The zero-order chi connectivity index (χ0) is 17.0. The Morgan fingerprint density at radius 3 is 2.17 bits per heavy atom. The second-order valence-electron chi connectivity index (χ2n) is 6.69. The Balaban J connectivity index is 1.58. The van der Waals surface area contributed by atoms with Gasteiger partial charge in [-0.2, -0.15) is 0 Å². The second-order valence-corrected chi connectivity index (χ2v) is 6.69. The molecule has 1 saturated carbocycles. The van der Waals surface area contributed by atoms with Crippen LogP contribution in [0.3, 0.4) is 0 Å². The zero-order valence-electron chi connectivity index (χ0n) is 13.9. The summed E-state index contributed by atoms with van der Waals surface area (Å²) in [6.45, 7) is 2.74. The van der Waals surface area contributed by atoms with E-state index in [-0.39, 0.29) is 6.03 Å². The summed E-state index contributed by atoms with van der Waals surface area (Å²) in [7, 11) is 0. The summed E-state index contributed by atoms with van der Waals surface area (Å²) in [5, 5.41) is 12.4. The van der Waals surface area contributed by atoms with E-state index < -0.39 is 11.5 Å². The molecule has 0 aromatic heterocycles. The fourth-order valence-electron chi connectivity index (χ4n) is 3.64. The van der Waals surface area contributed by atoms with Gasteiger partial charge in [0.2, 0.25) is 0 Å². The fraction of sp³-hybridized carbons (Fsp3) is 0.556. The number of carboxylic acid groups (broad SMARTS) is 1. The van der Waals surface area contributed by atoms with Gasteiger partial charge in [-0.25, -0.2) is 9.59 Å². The van der Waals surface area contributed by atoms with Gasteiger partial charge in [0.05, 0.1) is 0 Å². The molecule has 2 fully saturated rings. The van der Waals surface area contributed by atoms with E-state index in [0.717, 1.165) is 38.0 Å². The fourth-order valence-corrected chi connectivity index (χ4v) is 3.64. The average Bonchev–Trinajstić information content (AvgIpc) is 2.63. The average molecular weight is 331 g/mol. The van der Waals surface area contributed by atoms with Crippen molar-refractivity contribution in [3.63, 3.8) is 0 Å². The van der Waals surface area contributed by atoms with Crippen LogP contribution in [0.5, 0.6) is 0 Å². The third-order valence-corrected chi connectivity index (χ3v) is 5.15. The van der Waals surface area contributed by atoms with Crippen molar-refractivity contribution in [1.82, 2.24) is 10.2 Å². The highest BCUT2D eigenvalue weighted by Gasteiger charge is 2.42. The molecule has 1 aliphatic heterocycles. The highest BCUT2D eigenvalue weighted by Crippen LogP contribution is 2.29. The predicted molar refractivity (Wildman–Crippen MR) is 92.2 cm³/mol. The maximum Gasteiger partial charge on any atom is 0.329 e. The summed E-state index contributed by atoms with van der Waals surface area (Å²) in [5.74, 6) is -0.904. The molecule has 0 radical (unpaired) electrons. The topological polar surface area (TPSA) is 72.9 Å². The third-order valence-electron chi connectivity index (χ3n) is 5.15. The summed E-state index contributed by atoms with van der Waals surface area (Å²) >= 11 is 0. The Labute approximate surface area is 142 Å². The largest absolute Gasteiger partial charge is 0.480 e. The minimum atomic E-state index is -1.08. The smallest absolute Gasteiger partial charge is 0.329 e. The number of carbonyl (C=O) groups excluding carboxylic acids is 1. The molecule has 0 spiro atoms. The van der Waals surface area contributed by atoms with Crippen molar-refractivity contribution in [3.05, 3.63) is 30.3 Å². The number of carboxylic acids is 1. The van der Waals surface area contributed by atoms with E-state index in [2.05, 4.69) is 22.3 Å². The molecule has 0 atom stereocenters. The third kappa shape index (κ3) is 3.47. The van der Waals surface area contributed by atoms with E-state index >= 15 is 0 Å². The minimum Gasteiger partial charge on any atom is -0.480 e. The maximum atomic E-state index is 12.6. The molecule has 2 aliphatic rings. The highest BCUT2D eigenvalue weighted by molar-refractivity contribution is 5.86. The quantitative estimate of drug-likeness (QED) is 0.891. The number of amides is 2. The first-order valence-corrected chi connectivity index (χ1v) is 8.71. The van der Waals surface area contributed by atoms with Crippen LogP contribution in [0.4, 0.5) is 10.5 Å². The van der Waals surface area contributed by atoms with Crippen LogP contribution in [0.2, 0.25) is 0 Å². The molecule has 1 aliphatic carbocycles. The molecule has 0 bridgehead atoms. The number of nitrogens with one attached hydrogen (secondary N) is 1. The molecule has 0 unspecified atom stereocenters. The lowest BCUT2D eigenvalue weighted by Crippen LogP contribution is -2.61. The van der Waals surface area contributed by atoms with E-state index in [1.165, 1.54) is 0 Å². The van der Waals surface area contributed by atoms with E-state index in [1.54, 1.807) is 4.90 Å². The number of hydrogen-bond acceptors (Lipinski definition) is 3. The van der Waals surface area contributed by atoms with Crippen molar-refractivity contribution in [1.29, 1.82) is 0 Å². The number of anilines is 1. The highest BCUT2D eigenvalue weighted by atomic mass is 16.4. The van der Waals surface area contributed by atoms with Crippen molar-refractivity contribution < 1.29 is 14.7 Å². The van der Waals surface area contributed by atoms with Crippen LogP contribution < -0.4 is 10.2 Å². The van der Waals surface area contributed by atoms with Crippen molar-refractivity contribution >= 4 is 17.7 Å². The van der Waals surface area contributed by atoms with Gasteiger partial charge in [0.15, 0.2) is 0 Å². The number of rotatable bonds is 3. The number of urea groups is 1. The van der Waals surface area contributed by atoms with Crippen molar-refractivity contribution in [2.75, 3.05) is 31.1 Å². The molecule has 6 nitrogen and oxygen atoms in total. The summed E-state index contributed by atoms with van der Waals surface area (Å²) in [5.41, 5.74) is 0.0816. The number of carbonyl (C=O) groups is 2. The first-order valence-electron chi connectivity index (χ1n) is 8.71. The molecule has 1 aromatic rings. The number of hydrogen-bond donors (Lipinski definition) is 2. The van der Waals surface area contributed by atoms with E-state index in [0.29, 0.717) is 25.9 Å². The predicted octanol–water partition coefficient (Wildman–Crippen LogP) is 2.31. The monoisotopic (exact) mass is 331 g/mol. The lowest BCUT2D eigenvalue weighted by Gasteiger charge is -2.39. The summed E-state index contributed by atoms with van der Waals surface area (Å²) in [6.07, 6.45) is 3.81. The molecule has 1 aromatic carbocycles. The van der Waals surface area contributed by atoms with Crippen LogP contribution in [-0.4, -0.2) is 53.7 Å². The molecule has 1 heterocycles. The van der Waals surface area contributed by atoms with Crippen molar-refractivity contribution in [2.45, 2.75) is 37.6 Å². The molecular formula is C18H25N3O3. The van der Waals surface area contributed by atoms with Gasteiger partial charge in [-0.15, -0.1) is 0 Å². The SMILES string of the molecule is O=C(NC1(C(=O)O)CCCCC1)N1CCN(c2ccccc2)CC1. The van der Waals surface area contributed by atoms with Crippen LogP contribution in [0.15, 0.2) is 30.3 Å². The number of aliphatic carboxylic acids is 1. The standard InChI is InChI=1S/C18H25N3O3/c22-16(23)18(9-5-2-6-10-18)19-17(24)21-13-11-20(12-14-21)15-7-3-1-4-8-15/h1,3-4,7-8H,2,5-6,9-14H2,(H,19,24)(H,22,23). The van der Waals surface area contributed by atoms with Gasteiger partial charge in [-0.3, -0.25) is 0 Å². The molecule has 3 rings (SSSR count). The van der Waals surface area contributed by atoms with Crippen molar-refractivity contribution in [3.8, 4) is 0 Å². The van der Waals surface area contributed by atoms with Gasteiger partial charge in [0, 0.05) is 31.9 Å². The van der Waals surface area contributed by atoms with Crippen LogP contribution in [0.1, 0.15) is 32.1 Å². The number of benzene rings is 1. The van der Waals surface area contributed by atoms with E-state index in [4.69, 9.17) is 0 Å². The number of nitrogens with zero attached hydrogens (tertiary/aromatic N) is 2. The Morgan fingerprint density at radius 1 is 0.958 bits per heavy atom. The molecule has 130 valence electrons. The first kappa shape index (κ1) is 16.6. The normalized spacial score (nSPS) is 20.5. The lowest BCUT2D eigenvalue weighted by atomic mass is 9.82. The molecule has 6 heteroatoms. The van der Waals surface area contributed by atoms with Gasteiger partial charge in [-0.05, 0) is 25.0 Å². The summed E-state index contributed by atoms with van der Waals surface area (Å²) in [4.78, 5) is 28.2. The van der Waals surface area contributed by atoms with E-state index in [1.807, 2.05) is 18.2 Å². The van der Waals surface area contributed by atoms with Gasteiger partial charge >= 0.3 is 12.0 Å².